The predicted molar refractivity (Wildman–Crippen MR) is 128 cm³/mol. The average molecular weight is 460 g/mol. The molecule has 0 saturated heterocycles. The topological polar surface area (TPSA) is 72.4 Å². The Morgan fingerprint density at radius 1 is 1.03 bits per heavy atom. The van der Waals surface area contributed by atoms with E-state index in [9.17, 15) is 4.79 Å². The highest BCUT2D eigenvalue weighted by Gasteiger charge is 2.23. The van der Waals surface area contributed by atoms with Crippen LogP contribution in [0.2, 0.25) is 5.02 Å². The van der Waals surface area contributed by atoms with Crippen molar-refractivity contribution in [1.29, 1.82) is 0 Å². The maximum absolute atomic E-state index is 13.3. The number of fused-ring (bicyclic) bond motifs is 3. The van der Waals surface area contributed by atoms with Crippen LogP contribution in [0.25, 0.3) is 33.2 Å². The number of hydrogen-bond donors (Lipinski definition) is 0. The van der Waals surface area contributed by atoms with Gasteiger partial charge in [0.05, 0.1) is 29.8 Å². The molecule has 33 heavy (non-hydrogen) atoms. The number of hydrogen-bond acceptors (Lipinski definition) is 5. The Bertz CT molecular complexity index is 1450. The minimum atomic E-state index is -0.0527. The van der Waals surface area contributed by atoms with Crippen LogP contribution >= 0.6 is 11.6 Å². The van der Waals surface area contributed by atoms with Gasteiger partial charge in [-0.3, -0.25) is 4.79 Å². The summed E-state index contributed by atoms with van der Waals surface area (Å²) < 4.78 is 11.6. The fraction of sp³-hybridized carbons (Fsp3) is 0.192. The van der Waals surface area contributed by atoms with E-state index in [1.54, 1.807) is 17.2 Å². The van der Waals surface area contributed by atoms with Crippen LogP contribution < -0.4 is 0 Å². The van der Waals surface area contributed by atoms with E-state index in [0.717, 1.165) is 27.3 Å². The molecular formula is C26H22ClN3O3. The molecule has 2 aromatic heterocycles. The van der Waals surface area contributed by atoms with Crippen molar-refractivity contribution in [3.63, 3.8) is 0 Å². The summed E-state index contributed by atoms with van der Waals surface area (Å²) in [6.45, 7) is 4.14. The van der Waals surface area contributed by atoms with Gasteiger partial charge < -0.3 is 13.7 Å². The van der Waals surface area contributed by atoms with Crippen LogP contribution in [0.1, 0.15) is 25.3 Å². The van der Waals surface area contributed by atoms with Gasteiger partial charge in [0.25, 0.3) is 0 Å². The molecule has 166 valence electrons. The van der Waals surface area contributed by atoms with E-state index < -0.39 is 0 Å². The normalized spacial score (nSPS) is 11.5. The molecule has 0 bridgehead atoms. The SMILES string of the molecule is CC(C)N(Cc1nnc(-c2ccccc2Cl)o1)C(=O)Cc1coc2ccc3ccccc3c12. The first-order valence-electron chi connectivity index (χ1n) is 10.8. The standard InChI is InChI=1S/C26H22ClN3O3/c1-16(2)30(14-23-28-29-26(33-23)20-9-5-6-10-21(20)27)24(31)13-18-15-32-22-12-11-17-7-3-4-8-19(17)25(18)22/h3-12,15-16H,13-14H2,1-2H3. The maximum Gasteiger partial charge on any atom is 0.249 e. The molecule has 0 N–H and O–H groups in total. The van der Waals surface area contributed by atoms with Crippen LogP contribution in [-0.2, 0) is 17.8 Å². The zero-order chi connectivity index (χ0) is 22.9. The third kappa shape index (κ3) is 4.10. The van der Waals surface area contributed by atoms with Crippen molar-refractivity contribution in [2.24, 2.45) is 0 Å². The lowest BCUT2D eigenvalue weighted by molar-refractivity contribution is -0.133. The van der Waals surface area contributed by atoms with Crippen molar-refractivity contribution in [1.82, 2.24) is 15.1 Å². The van der Waals surface area contributed by atoms with Crippen LogP contribution in [0.5, 0.6) is 0 Å². The fourth-order valence-corrected chi connectivity index (χ4v) is 4.25. The second-order valence-electron chi connectivity index (χ2n) is 8.19. The van der Waals surface area contributed by atoms with Crippen molar-refractivity contribution in [2.75, 3.05) is 0 Å². The summed E-state index contributed by atoms with van der Waals surface area (Å²) in [6, 6.07) is 19.3. The monoisotopic (exact) mass is 459 g/mol. The summed E-state index contributed by atoms with van der Waals surface area (Å²) in [5.74, 6) is 0.645. The summed E-state index contributed by atoms with van der Waals surface area (Å²) in [5, 5.41) is 11.9. The van der Waals surface area contributed by atoms with E-state index in [2.05, 4.69) is 22.3 Å². The zero-order valence-corrected chi connectivity index (χ0v) is 19.0. The van der Waals surface area contributed by atoms with Gasteiger partial charge in [0, 0.05) is 17.0 Å². The van der Waals surface area contributed by atoms with E-state index >= 15 is 0 Å². The van der Waals surface area contributed by atoms with Gasteiger partial charge >= 0.3 is 0 Å². The number of amides is 1. The lowest BCUT2D eigenvalue weighted by atomic mass is 10.0. The number of carbonyl (C=O) groups is 1. The molecule has 0 aliphatic heterocycles. The first-order chi connectivity index (χ1) is 16.0. The number of halogens is 1. The number of nitrogens with zero attached hydrogens (tertiary/aromatic N) is 3. The van der Waals surface area contributed by atoms with E-state index in [0.29, 0.717) is 22.4 Å². The molecule has 6 nitrogen and oxygen atoms in total. The lowest BCUT2D eigenvalue weighted by Gasteiger charge is -2.25. The molecule has 3 aromatic carbocycles. The third-order valence-corrected chi connectivity index (χ3v) is 6.03. The Hall–Kier alpha value is -3.64. The molecule has 0 saturated carbocycles. The maximum atomic E-state index is 13.3. The van der Waals surface area contributed by atoms with E-state index in [1.165, 1.54) is 0 Å². The number of rotatable bonds is 6. The molecule has 1 amide bonds. The van der Waals surface area contributed by atoms with Gasteiger partial charge in [0.1, 0.15) is 5.58 Å². The summed E-state index contributed by atoms with van der Waals surface area (Å²) in [7, 11) is 0. The van der Waals surface area contributed by atoms with Crippen LogP contribution in [0.3, 0.4) is 0 Å². The second kappa shape index (κ2) is 8.71. The molecule has 2 heterocycles. The van der Waals surface area contributed by atoms with Crippen LogP contribution in [0.15, 0.2) is 75.8 Å². The highest BCUT2D eigenvalue weighted by atomic mass is 35.5. The molecule has 0 atom stereocenters. The molecular weight excluding hydrogens is 438 g/mol. The van der Waals surface area contributed by atoms with Crippen LogP contribution in [0.4, 0.5) is 0 Å². The first kappa shape index (κ1) is 21.2. The minimum Gasteiger partial charge on any atom is -0.464 e. The Morgan fingerprint density at radius 3 is 2.64 bits per heavy atom. The Kier molecular flexibility index (Phi) is 5.60. The van der Waals surface area contributed by atoms with Gasteiger partial charge in [-0.1, -0.05) is 54.1 Å². The van der Waals surface area contributed by atoms with E-state index in [-0.39, 0.29) is 24.9 Å². The van der Waals surface area contributed by atoms with Crippen molar-refractivity contribution in [3.8, 4) is 11.5 Å². The average Bonchev–Trinajstić information content (AvgIpc) is 3.45. The van der Waals surface area contributed by atoms with Crippen LogP contribution in [-0.4, -0.2) is 27.0 Å². The summed E-state index contributed by atoms with van der Waals surface area (Å²) >= 11 is 6.24. The zero-order valence-electron chi connectivity index (χ0n) is 18.3. The molecule has 0 unspecified atom stereocenters. The molecule has 5 rings (SSSR count). The predicted octanol–water partition coefficient (Wildman–Crippen LogP) is 6.27. The third-order valence-electron chi connectivity index (χ3n) is 5.70. The van der Waals surface area contributed by atoms with Crippen molar-refractivity contribution in [3.05, 3.63) is 83.4 Å². The molecule has 0 spiro atoms. The number of benzene rings is 3. The number of carbonyl (C=O) groups excluding carboxylic acids is 1. The van der Waals surface area contributed by atoms with Gasteiger partial charge in [-0.2, -0.15) is 0 Å². The fourth-order valence-electron chi connectivity index (χ4n) is 4.03. The molecule has 5 aromatic rings. The van der Waals surface area contributed by atoms with E-state index in [4.69, 9.17) is 20.4 Å². The second-order valence-corrected chi connectivity index (χ2v) is 8.60. The van der Waals surface area contributed by atoms with Crippen molar-refractivity contribution >= 4 is 39.2 Å². The quantitative estimate of drug-likeness (QED) is 0.299. The highest BCUT2D eigenvalue weighted by Crippen LogP contribution is 2.31. The molecule has 0 fully saturated rings. The molecule has 0 radical (unpaired) electrons. The lowest BCUT2D eigenvalue weighted by Crippen LogP contribution is -2.37. The van der Waals surface area contributed by atoms with Crippen molar-refractivity contribution < 1.29 is 13.6 Å². The van der Waals surface area contributed by atoms with E-state index in [1.807, 2.05) is 56.3 Å². The summed E-state index contributed by atoms with van der Waals surface area (Å²) in [6.07, 6.45) is 1.89. The molecule has 0 aliphatic carbocycles. The van der Waals surface area contributed by atoms with Gasteiger partial charge in [0.15, 0.2) is 0 Å². The molecule has 7 heteroatoms. The minimum absolute atomic E-state index is 0.0434. The number of furan rings is 1. The van der Waals surface area contributed by atoms with Gasteiger partial charge in [-0.15, -0.1) is 10.2 Å². The van der Waals surface area contributed by atoms with Gasteiger partial charge in [0.2, 0.25) is 17.7 Å². The Labute approximate surface area is 195 Å². The Morgan fingerprint density at radius 2 is 1.82 bits per heavy atom. The van der Waals surface area contributed by atoms with Gasteiger partial charge in [-0.25, -0.2) is 0 Å². The highest BCUT2D eigenvalue weighted by molar-refractivity contribution is 6.33. The Balaban J connectivity index is 1.40. The number of aromatic nitrogens is 2. The summed E-state index contributed by atoms with van der Waals surface area (Å²) in [5.41, 5.74) is 2.30. The van der Waals surface area contributed by atoms with Gasteiger partial charge in [-0.05, 0) is 42.8 Å². The largest absolute Gasteiger partial charge is 0.464 e. The summed E-state index contributed by atoms with van der Waals surface area (Å²) in [4.78, 5) is 15.1. The first-order valence-corrected chi connectivity index (χ1v) is 11.1. The molecule has 0 aliphatic rings. The van der Waals surface area contributed by atoms with Crippen LogP contribution in [0, 0.1) is 0 Å². The smallest absolute Gasteiger partial charge is 0.249 e. The van der Waals surface area contributed by atoms with Crippen molar-refractivity contribution in [2.45, 2.75) is 32.9 Å².